The number of anilines is 2. The lowest BCUT2D eigenvalue weighted by atomic mass is 10.2. The average molecular weight is 399 g/mol. The molecule has 4 aromatic rings. The maximum absolute atomic E-state index is 12.7. The van der Waals surface area contributed by atoms with E-state index in [0.717, 1.165) is 28.0 Å². The summed E-state index contributed by atoms with van der Waals surface area (Å²) in [6, 6.07) is 16.8. The summed E-state index contributed by atoms with van der Waals surface area (Å²) in [6.07, 6.45) is 3.05. The Hall–Kier alpha value is -4.20. The Morgan fingerprint density at radius 1 is 0.967 bits per heavy atom. The molecule has 0 bridgehead atoms. The third-order valence-electron chi connectivity index (χ3n) is 4.69. The van der Waals surface area contributed by atoms with E-state index in [4.69, 9.17) is 9.47 Å². The highest BCUT2D eigenvalue weighted by molar-refractivity contribution is 6.07. The van der Waals surface area contributed by atoms with Gasteiger partial charge < -0.3 is 20.1 Å². The second-order valence-electron chi connectivity index (χ2n) is 6.66. The molecule has 1 aliphatic rings. The van der Waals surface area contributed by atoms with E-state index in [1.165, 1.54) is 6.33 Å². The van der Waals surface area contributed by atoms with Crippen LogP contribution in [0.15, 0.2) is 67.1 Å². The first kappa shape index (κ1) is 17.9. The Bertz CT molecular complexity index is 1240. The predicted molar refractivity (Wildman–Crippen MR) is 112 cm³/mol. The highest BCUT2D eigenvalue weighted by Crippen LogP contribution is 2.32. The number of hydrogen-bond donors (Lipinski definition) is 2. The Morgan fingerprint density at radius 2 is 1.87 bits per heavy atom. The molecule has 3 heterocycles. The summed E-state index contributed by atoms with van der Waals surface area (Å²) in [5.41, 5.74) is 2.62. The SMILES string of the molecule is O=C(Nc1cccc2cccnc12)c1cc(NCc2ccc3c(c2)OCO3)ncn1. The number of carbonyl (C=O) groups is 1. The van der Waals surface area contributed by atoms with Crippen molar-refractivity contribution >= 4 is 28.3 Å². The van der Waals surface area contributed by atoms with Gasteiger partial charge in [0, 0.05) is 24.2 Å². The maximum Gasteiger partial charge on any atom is 0.274 e. The van der Waals surface area contributed by atoms with Crippen molar-refractivity contribution in [2.75, 3.05) is 17.4 Å². The second-order valence-corrected chi connectivity index (χ2v) is 6.66. The number of fused-ring (bicyclic) bond motifs is 2. The van der Waals surface area contributed by atoms with Crippen LogP contribution in [0.2, 0.25) is 0 Å². The molecular formula is C22H17N5O3. The van der Waals surface area contributed by atoms with Gasteiger partial charge in [0.05, 0.1) is 11.2 Å². The number of amides is 1. The topological polar surface area (TPSA) is 98.3 Å². The van der Waals surface area contributed by atoms with Crippen LogP contribution in [0, 0.1) is 0 Å². The molecule has 2 aromatic heterocycles. The molecule has 0 aliphatic carbocycles. The van der Waals surface area contributed by atoms with Crippen molar-refractivity contribution in [2.24, 2.45) is 0 Å². The molecule has 0 atom stereocenters. The lowest BCUT2D eigenvalue weighted by Gasteiger charge is -2.09. The van der Waals surface area contributed by atoms with Gasteiger partial charge in [0.1, 0.15) is 17.8 Å². The fraction of sp³-hybridized carbons (Fsp3) is 0.0909. The van der Waals surface area contributed by atoms with Crippen LogP contribution < -0.4 is 20.1 Å². The van der Waals surface area contributed by atoms with E-state index in [1.807, 2.05) is 48.5 Å². The molecule has 30 heavy (non-hydrogen) atoms. The molecule has 0 saturated carbocycles. The molecule has 5 rings (SSSR count). The summed E-state index contributed by atoms with van der Waals surface area (Å²) in [7, 11) is 0. The number of aromatic nitrogens is 3. The van der Waals surface area contributed by atoms with E-state index in [1.54, 1.807) is 12.3 Å². The number of hydrogen-bond acceptors (Lipinski definition) is 7. The van der Waals surface area contributed by atoms with E-state index in [-0.39, 0.29) is 18.4 Å². The predicted octanol–water partition coefficient (Wildman–Crippen LogP) is 3.62. The van der Waals surface area contributed by atoms with Gasteiger partial charge in [-0.2, -0.15) is 0 Å². The summed E-state index contributed by atoms with van der Waals surface area (Å²) in [4.78, 5) is 25.4. The third kappa shape index (κ3) is 3.58. The van der Waals surface area contributed by atoms with E-state index in [2.05, 4.69) is 25.6 Å². The lowest BCUT2D eigenvalue weighted by molar-refractivity contribution is 0.102. The molecule has 2 N–H and O–H groups in total. The Kier molecular flexibility index (Phi) is 4.57. The molecule has 0 fully saturated rings. The molecular weight excluding hydrogens is 382 g/mol. The van der Waals surface area contributed by atoms with Crippen LogP contribution in [0.3, 0.4) is 0 Å². The zero-order valence-electron chi connectivity index (χ0n) is 15.8. The first-order valence-electron chi connectivity index (χ1n) is 9.36. The van der Waals surface area contributed by atoms with Crippen LogP contribution >= 0.6 is 0 Å². The van der Waals surface area contributed by atoms with Crippen molar-refractivity contribution in [3.05, 3.63) is 78.4 Å². The molecule has 0 saturated heterocycles. The standard InChI is InChI=1S/C22H17N5O3/c28-22(27-16-5-1-3-15-4-2-8-23-21(15)16)17-10-20(26-12-25-17)24-11-14-6-7-18-19(9-14)30-13-29-18/h1-10,12H,11,13H2,(H,27,28)(H,24,25,26). The van der Waals surface area contributed by atoms with Crippen LogP contribution in [0.5, 0.6) is 11.5 Å². The van der Waals surface area contributed by atoms with Gasteiger partial charge in [-0.3, -0.25) is 9.78 Å². The Morgan fingerprint density at radius 3 is 2.83 bits per heavy atom. The number of nitrogens with one attached hydrogen (secondary N) is 2. The van der Waals surface area contributed by atoms with Gasteiger partial charge in [-0.25, -0.2) is 9.97 Å². The lowest BCUT2D eigenvalue weighted by Crippen LogP contribution is -2.15. The summed E-state index contributed by atoms with van der Waals surface area (Å²) < 4.78 is 10.7. The molecule has 1 amide bonds. The molecule has 0 unspecified atom stereocenters. The van der Waals surface area contributed by atoms with Gasteiger partial charge in [-0.1, -0.05) is 24.3 Å². The van der Waals surface area contributed by atoms with Crippen molar-refractivity contribution in [3.63, 3.8) is 0 Å². The van der Waals surface area contributed by atoms with Crippen LogP contribution in [0.25, 0.3) is 10.9 Å². The van der Waals surface area contributed by atoms with Crippen molar-refractivity contribution in [1.29, 1.82) is 0 Å². The number of rotatable bonds is 5. The molecule has 8 nitrogen and oxygen atoms in total. The van der Waals surface area contributed by atoms with Crippen LogP contribution in [-0.2, 0) is 6.54 Å². The maximum atomic E-state index is 12.7. The zero-order chi connectivity index (χ0) is 20.3. The van der Waals surface area contributed by atoms with Crippen molar-refractivity contribution in [3.8, 4) is 11.5 Å². The molecule has 148 valence electrons. The minimum Gasteiger partial charge on any atom is -0.454 e. The van der Waals surface area contributed by atoms with Gasteiger partial charge in [0.2, 0.25) is 6.79 Å². The highest BCUT2D eigenvalue weighted by Gasteiger charge is 2.14. The van der Waals surface area contributed by atoms with E-state index < -0.39 is 0 Å². The average Bonchev–Trinajstić information content (AvgIpc) is 3.26. The normalized spacial score (nSPS) is 12.0. The Labute approximate surface area is 171 Å². The number of para-hydroxylation sites is 1. The quantitative estimate of drug-likeness (QED) is 0.529. The first-order chi connectivity index (χ1) is 14.8. The third-order valence-corrected chi connectivity index (χ3v) is 4.69. The minimum atomic E-state index is -0.332. The van der Waals surface area contributed by atoms with Crippen molar-refractivity contribution < 1.29 is 14.3 Å². The van der Waals surface area contributed by atoms with Crippen LogP contribution in [-0.4, -0.2) is 27.7 Å². The van der Waals surface area contributed by atoms with Gasteiger partial charge in [-0.05, 0) is 29.8 Å². The summed E-state index contributed by atoms with van der Waals surface area (Å²) in [5.74, 6) is 1.67. The van der Waals surface area contributed by atoms with Gasteiger partial charge >= 0.3 is 0 Å². The zero-order valence-corrected chi connectivity index (χ0v) is 15.8. The van der Waals surface area contributed by atoms with Gasteiger partial charge in [0.25, 0.3) is 5.91 Å². The molecule has 2 aromatic carbocycles. The van der Waals surface area contributed by atoms with Gasteiger partial charge in [0.15, 0.2) is 11.5 Å². The van der Waals surface area contributed by atoms with Crippen molar-refractivity contribution in [2.45, 2.75) is 6.54 Å². The summed E-state index contributed by atoms with van der Waals surface area (Å²) in [5, 5.41) is 7.03. The van der Waals surface area contributed by atoms with E-state index in [0.29, 0.717) is 18.1 Å². The Balaban J connectivity index is 1.30. The largest absolute Gasteiger partial charge is 0.454 e. The van der Waals surface area contributed by atoms with E-state index >= 15 is 0 Å². The highest BCUT2D eigenvalue weighted by atomic mass is 16.7. The monoisotopic (exact) mass is 399 g/mol. The first-order valence-corrected chi connectivity index (χ1v) is 9.36. The van der Waals surface area contributed by atoms with Crippen LogP contribution in [0.4, 0.5) is 11.5 Å². The fourth-order valence-corrected chi connectivity index (χ4v) is 3.21. The minimum absolute atomic E-state index is 0.239. The van der Waals surface area contributed by atoms with Crippen LogP contribution in [0.1, 0.15) is 16.1 Å². The number of carbonyl (C=O) groups excluding carboxylic acids is 1. The molecule has 0 spiro atoms. The summed E-state index contributed by atoms with van der Waals surface area (Å²) in [6.45, 7) is 0.755. The molecule has 0 radical (unpaired) electrons. The van der Waals surface area contributed by atoms with Gasteiger partial charge in [-0.15, -0.1) is 0 Å². The smallest absolute Gasteiger partial charge is 0.274 e. The number of pyridine rings is 1. The fourth-order valence-electron chi connectivity index (χ4n) is 3.21. The van der Waals surface area contributed by atoms with Crippen molar-refractivity contribution in [1.82, 2.24) is 15.0 Å². The molecule has 8 heteroatoms. The molecule has 1 aliphatic heterocycles. The number of ether oxygens (including phenoxy) is 2. The summed E-state index contributed by atoms with van der Waals surface area (Å²) >= 11 is 0. The number of benzene rings is 2. The van der Waals surface area contributed by atoms with E-state index in [9.17, 15) is 4.79 Å². The second kappa shape index (κ2) is 7.67. The number of nitrogens with zero attached hydrogens (tertiary/aromatic N) is 3.